The molecule has 0 unspecified atom stereocenters. The topological polar surface area (TPSA) is 66.8 Å². The molecule has 0 aliphatic heterocycles. The van der Waals surface area contributed by atoms with E-state index in [1.165, 1.54) is 32.1 Å². The molecule has 3 saturated carbocycles. The summed E-state index contributed by atoms with van der Waals surface area (Å²) >= 11 is 0. The first-order valence-corrected chi connectivity index (χ1v) is 9.19. The van der Waals surface area contributed by atoms with Gasteiger partial charge < -0.3 is 14.9 Å². The number of fused-ring (bicyclic) bond motifs is 1. The summed E-state index contributed by atoms with van der Waals surface area (Å²) in [5.41, 5.74) is -0.678. The zero-order chi connectivity index (χ0) is 16.4. The number of Topliss-reactive ketones (excluding diaryl/α,β-unsaturated/α-hetero) is 1. The SMILES string of the molecule is CO[C@]12CC[C@@H](O)[C@H](C=C[C@@H](O)CC3CCCCC3)[C@H]1CC2=O. The smallest absolute Gasteiger partial charge is 0.165 e. The standard InChI is InChI=1S/C19H30O4/c1-23-19-10-9-17(21)15(16(19)12-18(19)22)8-7-14(20)11-13-5-3-2-4-6-13/h7-8,13-17,20-21H,2-6,9-12H2,1H3/t14-,15-,16-,17-,19-/m1/s1. The first kappa shape index (κ1) is 17.1. The summed E-state index contributed by atoms with van der Waals surface area (Å²) in [6.45, 7) is 0. The van der Waals surface area contributed by atoms with E-state index in [-0.39, 0.29) is 17.6 Å². The highest BCUT2D eigenvalue weighted by atomic mass is 16.5. The van der Waals surface area contributed by atoms with E-state index in [2.05, 4.69) is 0 Å². The summed E-state index contributed by atoms with van der Waals surface area (Å²) in [5.74, 6) is 0.769. The van der Waals surface area contributed by atoms with Gasteiger partial charge in [0.15, 0.2) is 5.78 Å². The monoisotopic (exact) mass is 322 g/mol. The lowest BCUT2D eigenvalue weighted by molar-refractivity contribution is -0.191. The maximum atomic E-state index is 12.0. The zero-order valence-corrected chi connectivity index (χ0v) is 14.1. The van der Waals surface area contributed by atoms with Crippen molar-refractivity contribution in [1.29, 1.82) is 0 Å². The van der Waals surface area contributed by atoms with E-state index in [0.717, 1.165) is 6.42 Å². The van der Waals surface area contributed by atoms with E-state index in [0.29, 0.717) is 25.2 Å². The lowest BCUT2D eigenvalue weighted by Crippen LogP contribution is -2.64. The number of ether oxygens (including phenoxy) is 1. The second-order valence-electron chi connectivity index (χ2n) is 7.70. The van der Waals surface area contributed by atoms with Crippen LogP contribution in [0, 0.1) is 17.8 Å². The van der Waals surface area contributed by atoms with E-state index in [1.807, 2.05) is 12.2 Å². The Bertz CT molecular complexity index is 454. The molecule has 0 amide bonds. The maximum Gasteiger partial charge on any atom is 0.165 e. The molecule has 4 heteroatoms. The second-order valence-corrected chi connectivity index (χ2v) is 7.70. The van der Waals surface area contributed by atoms with Crippen LogP contribution in [0.2, 0.25) is 0 Å². The van der Waals surface area contributed by atoms with E-state index in [1.54, 1.807) is 7.11 Å². The first-order valence-electron chi connectivity index (χ1n) is 9.19. The minimum atomic E-state index is -0.678. The fraction of sp³-hybridized carbons (Fsp3) is 0.842. The molecule has 4 nitrogen and oxygen atoms in total. The fourth-order valence-corrected chi connectivity index (χ4v) is 4.94. The molecular weight excluding hydrogens is 292 g/mol. The predicted octanol–water partition coefficient (Wildman–Crippen LogP) is 2.62. The highest BCUT2D eigenvalue weighted by Crippen LogP contribution is 2.51. The van der Waals surface area contributed by atoms with Crippen molar-refractivity contribution in [1.82, 2.24) is 0 Å². The highest BCUT2D eigenvalue weighted by Gasteiger charge is 2.60. The van der Waals surface area contributed by atoms with Crippen molar-refractivity contribution >= 4 is 5.78 Å². The lowest BCUT2D eigenvalue weighted by Gasteiger charge is -2.54. The Kier molecular flexibility index (Phi) is 5.24. The molecule has 3 rings (SSSR count). The van der Waals surface area contributed by atoms with Gasteiger partial charge in [-0.25, -0.2) is 0 Å². The molecule has 3 aliphatic rings. The molecule has 5 atom stereocenters. The molecule has 130 valence electrons. The third kappa shape index (κ3) is 3.26. The molecule has 0 radical (unpaired) electrons. The summed E-state index contributed by atoms with van der Waals surface area (Å²) in [6, 6.07) is 0. The van der Waals surface area contributed by atoms with E-state index in [4.69, 9.17) is 4.74 Å². The van der Waals surface area contributed by atoms with Gasteiger partial charge in [-0.2, -0.15) is 0 Å². The van der Waals surface area contributed by atoms with Gasteiger partial charge in [0.2, 0.25) is 0 Å². The van der Waals surface area contributed by atoms with Crippen molar-refractivity contribution < 1.29 is 19.7 Å². The number of methoxy groups -OCH3 is 1. The Balaban J connectivity index is 1.60. The molecule has 0 spiro atoms. The number of rotatable bonds is 5. The van der Waals surface area contributed by atoms with Crippen LogP contribution in [0.5, 0.6) is 0 Å². The fourth-order valence-electron chi connectivity index (χ4n) is 4.94. The van der Waals surface area contributed by atoms with Gasteiger partial charge >= 0.3 is 0 Å². The Morgan fingerprint density at radius 3 is 2.70 bits per heavy atom. The minimum Gasteiger partial charge on any atom is -0.393 e. The van der Waals surface area contributed by atoms with E-state index >= 15 is 0 Å². The Morgan fingerprint density at radius 2 is 2.04 bits per heavy atom. The van der Waals surface area contributed by atoms with Crippen LogP contribution in [0.15, 0.2) is 12.2 Å². The number of carbonyl (C=O) groups is 1. The molecule has 0 heterocycles. The normalized spacial score (nSPS) is 40.0. The number of hydrogen-bond donors (Lipinski definition) is 2. The molecule has 2 N–H and O–H groups in total. The lowest BCUT2D eigenvalue weighted by atomic mass is 9.55. The summed E-state index contributed by atoms with van der Waals surface area (Å²) < 4.78 is 5.54. The van der Waals surface area contributed by atoms with Crippen molar-refractivity contribution in [3.63, 3.8) is 0 Å². The number of ketones is 1. The molecule has 3 aliphatic carbocycles. The number of aliphatic hydroxyl groups is 2. The first-order chi connectivity index (χ1) is 11.1. The summed E-state index contributed by atoms with van der Waals surface area (Å²) in [5, 5.41) is 20.6. The van der Waals surface area contributed by atoms with Crippen molar-refractivity contribution in [3.8, 4) is 0 Å². The number of aliphatic hydroxyl groups excluding tert-OH is 2. The molecule has 0 aromatic heterocycles. The molecule has 23 heavy (non-hydrogen) atoms. The molecule has 0 aromatic rings. The predicted molar refractivity (Wildman–Crippen MR) is 87.9 cm³/mol. The van der Waals surface area contributed by atoms with Crippen LogP contribution in [0.1, 0.15) is 57.8 Å². The van der Waals surface area contributed by atoms with E-state index in [9.17, 15) is 15.0 Å². The quantitative estimate of drug-likeness (QED) is 0.764. The third-order valence-corrected chi connectivity index (χ3v) is 6.42. The van der Waals surface area contributed by atoms with Crippen LogP contribution in [-0.2, 0) is 9.53 Å². The van der Waals surface area contributed by atoms with Gasteiger partial charge in [0.25, 0.3) is 0 Å². The molecule has 3 fully saturated rings. The van der Waals surface area contributed by atoms with Gasteiger partial charge in [-0.15, -0.1) is 0 Å². The van der Waals surface area contributed by atoms with Gasteiger partial charge in [-0.05, 0) is 25.2 Å². The van der Waals surface area contributed by atoms with Gasteiger partial charge in [0, 0.05) is 25.4 Å². The molecule has 0 saturated heterocycles. The Hall–Kier alpha value is -0.710. The Labute approximate surface area is 138 Å². The number of hydrogen-bond acceptors (Lipinski definition) is 4. The van der Waals surface area contributed by atoms with Crippen molar-refractivity contribution in [2.24, 2.45) is 17.8 Å². The summed E-state index contributed by atoms with van der Waals surface area (Å²) in [6.07, 6.45) is 11.7. The average molecular weight is 322 g/mol. The van der Waals surface area contributed by atoms with Gasteiger partial charge in [0.1, 0.15) is 5.60 Å². The second kappa shape index (κ2) is 7.04. The zero-order valence-electron chi connectivity index (χ0n) is 14.1. The van der Waals surface area contributed by atoms with Crippen molar-refractivity contribution in [3.05, 3.63) is 12.2 Å². The minimum absolute atomic E-state index is 0.0573. The van der Waals surface area contributed by atoms with Crippen LogP contribution < -0.4 is 0 Å². The van der Waals surface area contributed by atoms with Gasteiger partial charge in [-0.3, -0.25) is 4.79 Å². The van der Waals surface area contributed by atoms with Crippen molar-refractivity contribution in [2.45, 2.75) is 75.6 Å². The van der Waals surface area contributed by atoms with Gasteiger partial charge in [-0.1, -0.05) is 44.3 Å². The van der Waals surface area contributed by atoms with Crippen LogP contribution in [0.3, 0.4) is 0 Å². The summed E-state index contributed by atoms with van der Waals surface area (Å²) in [4.78, 5) is 12.0. The van der Waals surface area contributed by atoms with Gasteiger partial charge in [0.05, 0.1) is 12.2 Å². The summed E-state index contributed by atoms with van der Waals surface area (Å²) in [7, 11) is 1.60. The van der Waals surface area contributed by atoms with E-state index < -0.39 is 17.8 Å². The van der Waals surface area contributed by atoms with Crippen LogP contribution in [0.4, 0.5) is 0 Å². The average Bonchev–Trinajstić information content (AvgIpc) is 2.55. The van der Waals surface area contributed by atoms with Crippen molar-refractivity contribution in [2.75, 3.05) is 7.11 Å². The van der Waals surface area contributed by atoms with Crippen LogP contribution in [-0.4, -0.2) is 40.9 Å². The molecule has 0 aromatic carbocycles. The molecule has 0 bridgehead atoms. The Morgan fingerprint density at radius 1 is 1.30 bits per heavy atom. The maximum absolute atomic E-state index is 12.0. The number of carbonyl (C=O) groups excluding carboxylic acids is 1. The van der Waals surface area contributed by atoms with Crippen LogP contribution >= 0.6 is 0 Å². The largest absolute Gasteiger partial charge is 0.393 e. The highest BCUT2D eigenvalue weighted by molar-refractivity contribution is 5.94. The molecular formula is C19H30O4. The van der Waals surface area contributed by atoms with Crippen LogP contribution in [0.25, 0.3) is 0 Å². The third-order valence-electron chi connectivity index (χ3n) is 6.42.